The molecule has 1 saturated heterocycles. The molecule has 0 unspecified atom stereocenters. The number of nitrogens with two attached hydrogens (primary N) is 1. The number of rotatable bonds is 4. The van der Waals surface area contributed by atoms with Gasteiger partial charge in [-0.2, -0.15) is 9.97 Å². The lowest BCUT2D eigenvalue weighted by molar-refractivity contribution is -0.383. The van der Waals surface area contributed by atoms with Gasteiger partial charge in [-0.1, -0.05) is 33.1 Å². The van der Waals surface area contributed by atoms with Gasteiger partial charge in [0.2, 0.25) is 17.6 Å². The molecule has 138 valence electrons. The number of hydrogen-bond donors (Lipinski definition) is 2. The van der Waals surface area contributed by atoms with E-state index in [1.54, 1.807) is 0 Å². The van der Waals surface area contributed by atoms with E-state index in [9.17, 15) is 10.1 Å². The van der Waals surface area contributed by atoms with E-state index in [-0.39, 0.29) is 23.4 Å². The van der Waals surface area contributed by atoms with Gasteiger partial charge in [-0.25, -0.2) is 0 Å². The Balaban J connectivity index is 1.90. The number of aromatic nitrogens is 2. The average Bonchev–Trinajstić information content (AvgIpc) is 2.54. The third kappa shape index (κ3) is 4.11. The first kappa shape index (κ1) is 17.7. The van der Waals surface area contributed by atoms with Crippen molar-refractivity contribution in [2.75, 3.05) is 29.0 Å². The number of nitrogens with one attached hydrogen (secondary N) is 1. The quantitative estimate of drug-likeness (QED) is 0.635. The molecule has 1 saturated carbocycles. The van der Waals surface area contributed by atoms with Crippen LogP contribution >= 0.6 is 0 Å². The van der Waals surface area contributed by atoms with Crippen molar-refractivity contribution in [2.24, 2.45) is 11.8 Å². The fraction of sp³-hybridized carbons (Fsp3) is 0.765. The van der Waals surface area contributed by atoms with Gasteiger partial charge in [0.1, 0.15) is 0 Å². The number of nitrogen functional groups attached to an aromatic ring is 1. The van der Waals surface area contributed by atoms with Gasteiger partial charge >= 0.3 is 5.69 Å². The van der Waals surface area contributed by atoms with Crippen LogP contribution in [0.15, 0.2) is 0 Å². The highest BCUT2D eigenvalue weighted by atomic mass is 16.6. The van der Waals surface area contributed by atoms with Gasteiger partial charge in [-0.3, -0.25) is 10.1 Å². The van der Waals surface area contributed by atoms with Gasteiger partial charge < -0.3 is 16.0 Å². The Kier molecular flexibility index (Phi) is 5.24. The summed E-state index contributed by atoms with van der Waals surface area (Å²) in [4.78, 5) is 21.9. The molecule has 1 aromatic rings. The van der Waals surface area contributed by atoms with Gasteiger partial charge in [-0.05, 0) is 31.1 Å². The van der Waals surface area contributed by atoms with Crippen LogP contribution in [-0.4, -0.2) is 34.0 Å². The molecule has 1 aliphatic carbocycles. The zero-order chi connectivity index (χ0) is 18.0. The molecule has 0 radical (unpaired) electrons. The first-order valence-electron chi connectivity index (χ1n) is 9.27. The summed E-state index contributed by atoms with van der Waals surface area (Å²) in [5.41, 5.74) is 5.74. The molecule has 0 aromatic carbocycles. The van der Waals surface area contributed by atoms with Crippen LogP contribution in [-0.2, 0) is 0 Å². The predicted molar refractivity (Wildman–Crippen MR) is 98.8 cm³/mol. The molecule has 25 heavy (non-hydrogen) atoms. The van der Waals surface area contributed by atoms with Crippen molar-refractivity contribution in [3.8, 4) is 0 Å². The number of nitro groups is 1. The van der Waals surface area contributed by atoms with E-state index in [0.717, 1.165) is 38.8 Å². The molecule has 1 aromatic heterocycles. The van der Waals surface area contributed by atoms with Crippen molar-refractivity contribution in [2.45, 2.75) is 58.4 Å². The monoisotopic (exact) mass is 348 g/mol. The second-order valence-electron chi connectivity index (χ2n) is 7.69. The second kappa shape index (κ2) is 7.41. The highest BCUT2D eigenvalue weighted by Crippen LogP contribution is 2.34. The third-order valence-electron chi connectivity index (χ3n) is 5.18. The first-order chi connectivity index (χ1) is 11.9. The van der Waals surface area contributed by atoms with Crippen LogP contribution in [0.2, 0.25) is 0 Å². The van der Waals surface area contributed by atoms with Crippen molar-refractivity contribution in [1.29, 1.82) is 0 Å². The van der Waals surface area contributed by atoms with E-state index in [1.165, 1.54) is 12.8 Å². The molecule has 0 bridgehead atoms. The van der Waals surface area contributed by atoms with E-state index in [0.29, 0.717) is 17.8 Å². The van der Waals surface area contributed by atoms with Crippen LogP contribution in [0, 0.1) is 22.0 Å². The van der Waals surface area contributed by atoms with Crippen molar-refractivity contribution in [3.63, 3.8) is 0 Å². The Bertz CT molecular complexity index is 622. The summed E-state index contributed by atoms with van der Waals surface area (Å²) >= 11 is 0. The summed E-state index contributed by atoms with van der Waals surface area (Å²) in [5, 5.41) is 14.7. The second-order valence-corrected chi connectivity index (χ2v) is 7.69. The Morgan fingerprint density at radius 3 is 2.40 bits per heavy atom. The third-order valence-corrected chi connectivity index (χ3v) is 5.18. The Morgan fingerprint density at radius 2 is 1.80 bits per heavy atom. The lowest BCUT2D eigenvalue weighted by Crippen LogP contribution is -2.40. The minimum atomic E-state index is -0.480. The summed E-state index contributed by atoms with van der Waals surface area (Å²) < 4.78 is 0. The maximum Gasteiger partial charge on any atom is 0.353 e. The molecular formula is C17H28N6O2. The van der Waals surface area contributed by atoms with Crippen LogP contribution in [0.1, 0.15) is 52.4 Å². The summed E-state index contributed by atoms with van der Waals surface area (Å²) in [5.74, 6) is 1.79. The summed E-state index contributed by atoms with van der Waals surface area (Å²) in [7, 11) is 0. The largest absolute Gasteiger partial charge is 0.378 e. The topological polar surface area (TPSA) is 110 Å². The van der Waals surface area contributed by atoms with Crippen molar-refractivity contribution < 1.29 is 4.92 Å². The van der Waals surface area contributed by atoms with Crippen LogP contribution < -0.4 is 16.0 Å². The van der Waals surface area contributed by atoms with E-state index in [4.69, 9.17) is 5.73 Å². The highest BCUT2D eigenvalue weighted by Gasteiger charge is 2.29. The maximum atomic E-state index is 11.5. The molecule has 1 aliphatic heterocycles. The van der Waals surface area contributed by atoms with E-state index < -0.39 is 4.92 Å². The lowest BCUT2D eigenvalue weighted by atomic mass is 9.92. The summed E-state index contributed by atoms with van der Waals surface area (Å²) in [6.07, 6.45) is 6.69. The summed E-state index contributed by atoms with van der Waals surface area (Å²) in [6.45, 7) is 6.12. The van der Waals surface area contributed by atoms with Gasteiger partial charge in [0.05, 0.1) is 4.92 Å². The molecule has 8 heteroatoms. The molecule has 3 N–H and O–H groups in total. The SMILES string of the molecule is C[C@@H]1C[C@H](C)CN(c2nc(N)c([N+](=O)[O-])c(NC3CCCCC3)n2)C1. The Hall–Kier alpha value is -2.12. The lowest BCUT2D eigenvalue weighted by Gasteiger charge is -2.35. The molecule has 0 spiro atoms. The van der Waals surface area contributed by atoms with Crippen LogP contribution in [0.25, 0.3) is 0 Å². The average molecular weight is 348 g/mol. The van der Waals surface area contributed by atoms with E-state index in [2.05, 4.69) is 34.0 Å². The summed E-state index contributed by atoms with van der Waals surface area (Å²) in [6, 6.07) is 0.216. The molecule has 2 fully saturated rings. The van der Waals surface area contributed by atoms with Gasteiger partial charge in [0, 0.05) is 19.1 Å². The fourth-order valence-electron chi connectivity index (χ4n) is 4.15. The molecular weight excluding hydrogens is 320 g/mol. The first-order valence-corrected chi connectivity index (χ1v) is 9.27. The van der Waals surface area contributed by atoms with E-state index >= 15 is 0 Å². The number of anilines is 3. The number of hydrogen-bond acceptors (Lipinski definition) is 7. The Morgan fingerprint density at radius 1 is 1.16 bits per heavy atom. The molecule has 3 rings (SSSR count). The molecule has 2 heterocycles. The number of nitrogens with zero attached hydrogens (tertiary/aromatic N) is 4. The minimum absolute atomic E-state index is 0.0563. The predicted octanol–water partition coefficient (Wildman–Crippen LogP) is 3.19. The van der Waals surface area contributed by atoms with Crippen molar-refractivity contribution in [1.82, 2.24) is 9.97 Å². The zero-order valence-corrected chi connectivity index (χ0v) is 15.1. The molecule has 0 amide bonds. The zero-order valence-electron chi connectivity index (χ0n) is 15.1. The molecule has 2 aliphatic rings. The molecule has 2 atom stereocenters. The van der Waals surface area contributed by atoms with Gasteiger partial charge in [-0.15, -0.1) is 0 Å². The van der Waals surface area contributed by atoms with Crippen molar-refractivity contribution >= 4 is 23.3 Å². The smallest absolute Gasteiger partial charge is 0.353 e. The maximum absolute atomic E-state index is 11.5. The fourth-order valence-corrected chi connectivity index (χ4v) is 4.15. The normalized spacial score (nSPS) is 25.0. The molecule has 8 nitrogen and oxygen atoms in total. The minimum Gasteiger partial charge on any atom is -0.378 e. The van der Waals surface area contributed by atoms with E-state index in [1.807, 2.05) is 0 Å². The van der Waals surface area contributed by atoms with Gasteiger partial charge in [0.25, 0.3) is 0 Å². The standard InChI is InChI=1S/C17H28N6O2/c1-11-8-12(2)10-22(9-11)17-20-15(18)14(23(24)25)16(21-17)19-13-6-4-3-5-7-13/h11-13H,3-10H2,1-2H3,(H3,18,19,20,21)/t11-,12+. The van der Waals surface area contributed by atoms with Crippen LogP contribution in [0.5, 0.6) is 0 Å². The van der Waals surface area contributed by atoms with Crippen molar-refractivity contribution in [3.05, 3.63) is 10.1 Å². The highest BCUT2D eigenvalue weighted by molar-refractivity contribution is 5.70. The van der Waals surface area contributed by atoms with Gasteiger partial charge in [0.15, 0.2) is 0 Å². The number of piperidine rings is 1. The Labute approximate surface area is 148 Å². The van der Waals surface area contributed by atoms with Crippen LogP contribution in [0.3, 0.4) is 0 Å². The van der Waals surface area contributed by atoms with Crippen LogP contribution in [0.4, 0.5) is 23.3 Å².